The number of halogens is 3. The lowest BCUT2D eigenvalue weighted by Crippen LogP contribution is -2.44. The number of rotatable bonds is 8. The van der Waals surface area contributed by atoms with Crippen LogP contribution in [0, 0.1) is 5.92 Å². The normalized spacial score (nSPS) is 16.7. The highest BCUT2D eigenvalue weighted by molar-refractivity contribution is 7.92. The number of nitrogens with zero attached hydrogens (tertiary/aromatic N) is 1. The van der Waals surface area contributed by atoms with E-state index in [1.54, 1.807) is 36.4 Å². The van der Waals surface area contributed by atoms with Crippen LogP contribution in [0.1, 0.15) is 18.4 Å². The van der Waals surface area contributed by atoms with Crippen molar-refractivity contribution >= 4 is 72.1 Å². The average Bonchev–Trinajstić information content (AvgIpc) is 2.87. The summed E-state index contributed by atoms with van der Waals surface area (Å²) in [7, 11) is -7.56. The van der Waals surface area contributed by atoms with Crippen LogP contribution in [0.3, 0.4) is 0 Å². The molecule has 202 valence electrons. The van der Waals surface area contributed by atoms with Gasteiger partial charge in [0, 0.05) is 39.5 Å². The highest BCUT2D eigenvalue weighted by Crippen LogP contribution is 2.27. The fourth-order valence-electron chi connectivity index (χ4n) is 4.03. The number of nitrogens with one attached hydrogen (secondary N) is 2. The maximum absolute atomic E-state index is 13.0. The lowest BCUT2D eigenvalue weighted by molar-refractivity contribution is -0.120. The molecule has 8 nitrogen and oxygen atoms in total. The van der Waals surface area contributed by atoms with Crippen LogP contribution in [0.25, 0.3) is 0 Å². The zero-order valence-corrected chi connectivity index (χ0v) is 23.8. The second-order valence-electron chi connectivity index (χ2n) is 8.82. The third-order valence-corrected chi connectivity index (χ3v) is 10.1. The van der Waals surface area contributed by atoms with Crippen molar-refractivity contribution in [2.45, 2.75) is 23.5 Å². The Bertz CT molecular complexity index is 1530. The Morgan fingerprint density at radius 2 is 1.50 bits per heavy atom. The second-order valence-corrected chi connectivity index (χ2v) is 13.7. The molecule has 1 unspecified atom stereocenters. The zero-order valence-electron chi connectivity index (χ0n) is 19.9. The molecular formula is C25H24Cl3N3O5S2. The van der Waals surface area contributed by atoms with Gasteiger partial charge in [0.2, 0.25) is 15.9 Å². The molecule has 0 aromatic heterocycles. The minimum Gasteiger partial charge on any atom is -0.326 e. The molecule has 2 N–H and O–H groups in total. The van der Waals surface area contributed by atoms with E-state index < -0.39 is 26.0 Å². The third-order valence-electron chi connectivity index (χ3n) is 6.03. The van der Waals surface area contributed by atoms with Crippen molar-refractivity contribution in [3.05, 3.63) is 87.4 Å². The number of hydrogen-bond acceptors (Lipinski definition) is 5. The molecule has 13 heteroatoms. The monoisotopic (exact) mass is 615 g/mol. The minimum absolute atomic E-state index is 0.0150. The maximum Gasteiger partial charge on any atom is 0.261 e. The molecule has 1 aliphatic rings. The number of anilines is 2. The Kier molecular flexibility index (Phi) is 8.91. The van der Waals surface area contributed by atoms with Gasteiger partial charge in [0.1, 0.15) is 0 Å². The summed E-state index contributed by atoms with van der Waals surface area (Å²) in [5.41, 5.74) is 1.19. The highest BCUT2D eigenvalue weighted by Gasteiger charge is 2.33. The fraction of sp³-hybridized carbons (Fsp3) is 0.240. The van der Waals surface area contributed by atoms with Gasteiger partial charge in [-0.1, -0.05) is 40.9 Å². The van der Waals surface area contributed by atoms with Crippen molar-refractivity contribution in [1.29, 1.82) is 0 Å². The van der Waals surface area contributed by atoms with E-state index in [1.165, 1.54) is 34.6 Å². The van der Waals surface area contributed by atoms with Gasteiger partial charge >= 0.3 is 0 Å². The molecule has 0 aliphatic carbocycles. The van der Waals surface area contributed by atoms with E-state index in [0.717, 1.165) is 0 Å². The number of sulfonamides is 2. The summed E-state index contributed by atoms with van der Waals surface area (Å²) in [6.45, 7) is 0.349. The van der Waals surface area contributed by atoms with E-state index in [-0.39, 0.29) is 28.1 Å². The first-order valence-electron chi connectivity index (χ1n) is 11.5. The summed E-state index contributed by atoms with van der Waals surface area (Å²) >= 11 is 17.9. The Morgan fingerprint density at radius 3 is 2.16 bits per heavy atom. The van der Waals surface area contributed by atoms with Gasteiger partial charge in [-0.15, -0.1) is 0 Å². The molecular weight excluding hydrogens is 593 g/mol. The maximum atomic E-state index is 13.0. The molecule has 3 aromatic rings. The van der Waals surface area contributed by atoms with Crippen molar-refractivity contribution in [2.24, 2.45) is 5.92 Å². The third kappa shape index (κ3) is 7.19. The minimum atomic E-state index is -3.84. The predicted molar refractivity (Wildman–Crippen MR) is 151 cm³/mol. The Balaban J connectivity index is 1.38. The summed E-state index contributed by atoms with van der Waals surface area (Å²) in [5.74, 6) is -1.20. The van der Waals surface area contributed by atoms with Crippen molar-refractivity contribution in [2.75, 3.05) is 23.1 Å². The second kappa shape index (κ2) is 11.8. The molecule has 0 radical (unpaired) electrons. The van der Waals surface area contributed by atoms with Crippen molar-refractivity contribution < 1.29 is 21.6 Å². The van der Waals surface area contributed by atoms with Gasteiger partial charge in [0.15, 0.2) is 0 Å². The van der Waals surface area contributed by atoms with Crippen molar-refractivity contribution in [3.63, 3.8) is 0 Å². The molecule has 1 aliphatic heterocycles. The van der Waals surface area contributed by atoms with E-state index in [0.29, 0.717) is 46.4 Å². The van der Waals surface area contributed by atoms with Gasteiger partial charge in [-0.25, -0.2) is 21.1 Å². The standard InChI is InChI=1S/C25H24Cl3N3O5S2/c26-19-5-7-22(8-6-19)30-38(35,36)23-11-9-21(10-12-23)29-25(32)17-2-1-13-31(15-17)37(33,34)16-18-3-4-20(27)14-24(18)28/h3-12,14,17,30H,1-2,13,15-16H2,(H,29,32). The summed E-state index contributed by atoms with van der Waals surface area (Å²) in [4.78, 5) is 12.9. The average molecular weight is 617 g/mol. The molecule has 0 saturated carbocycles. The predicted octanol–water partition coefficient (Wildman–Crippen LogP) is 5.63. The largest absolute Gasteiger partial charge is 0.326 e. The Hall–Kier alpha value is -2.34. The highest BCUT2D eigenvalue weighted by atomic mass is 35.5. The summed E-state index contributed by atoms with van der Waals surface area (Å²) < 4.78 is 55.2. The topological polar surface area (TPSA) is 113 Å². The lowest BCUT2D eigenvalue weighted by atomic mass is 9.99. The van der Waals surface area contributed by atoms with Crippen LogP contribution < -0.4 is 10.0 Å². The summed E-state index contributed by atoms with van der Waals surface area (Å²) in [5, 5.41) is 3.92. The fourth-order valence-corrected chi connectivity index (χ4v) is 7.41. The van der Waals surface area contributed by atoms with Crippen LogP contribution in [-0.4, -0.2) is 40.1 Å². The van der Waals surface area contributed by atoms with Crippen LogP contribution in [0.15, 0.2) is 71.6 Å². The van der Waals surface area contributed by atoms with Crippen LogP contribution in [-0.2, 0) is 30.6 Å². The molecule has 1 saturated heterocycles. The number of carbonyl (C=O) groups is 1. The van der Waals surface area contributed by atoms with E-state index in [4.69, 9.17) is 34.8 Å². The molecule has 0 bridgehead atoms. The first kappa shape index (κ1) is 28.7. The van der Waals surface area contributed by atoms with Crippen LogP contribution in [0.2, 0.25) is 15.1 Å². The van der Waals surface area contributed by atoms with Crippen molar-refractivity contribution in [3.8, 4) is 0 Å². The summed E-state index contributed by atoms with van der Waals surface area (Å²) in [6, 6.07) is 16.6. The van der Waals surface area contributed by atoms with E-state index in [1.807, 2.05) is 0 Å². The van der Waals surface area contributed by atoms with Gasteiger partial charge < -0.3 is 5.32 Å². The zero-order chi connectivity index (χ0) is 27.5. The van der Waals surface area contributed by atoms with Crippen LogP contribution in [0.5, 0.6) is 0 Å². The van der Waals surface area contributed by atoms with Gasteiger partial charge in [0.25, 0.3) is 10.0 Å². The SMILES string of the molecule is O=C(Nc1ccc(S(=O)(=O)Nc2ccc(Cl)cc2)cc1)C1CCCN(S(=O)(=O)Cc2ccc(Cl)cc2Cl)C1. The number of benzene rings is 3. The molecule has 1 amide bonds. The molecule has 1 atom stereocenters. The lowest BCUT2D eigenvalue weighted by Gasteiger charge is -2.31. The first-order chi connectivity index (χ1) is 17.9. The smallest absolute Gasteiger partial charge is 0.261 e. The molecule has 4 rings (SSSR count). The van der Waals surface area contributed by atoms with E-state index in [9.17, 15) is 21.6 Å². The van der Waals surface area contributed by atoms with E-state index in [2.05, 4.69) is 10.0 Å². The van der Waals surface area contributed by atoms with Gasteiger partial charge in [-0.3, -0.25) is 9.52 Å². The summed E-state index contributed by atoms with van der Waals surface area (Å²) in [6.07, 6.45) is 1.05. The van der Waals surface area contributed by atoms with Gasteiger partial charge in [0.05, 0.1) is 16.6 Å². The molecule has 0 spiro atoms. The van der Waals surface area contributed by atoms with Crippen LogP contribution in [0.4, 0.5) is 11.4 Å². The van der Waals surface area contributed by atoms with Crippen LogP contribution >= 0.6 is 34.8 Å². The number of piperidine rings is 1. The Morgan fingerprint density at radius 1 is 0.868 bits per heavy atom. The van der Waals surface area contributed by atoms with Gasteiger partial charge in [-0.05, 0) is 79.1 Å². The molecule has 3 aromatic carbocycles. The number of carbonyl (C=O) groups excluding carboxylic acids is 1. The molecule has 38 heavy (non-hydrogen) atoms. The van der Waals surface area contributed by atoms with Gasteiger partial charge in [-0.2, -0.15) is 0 Å². The first-order valence-corrected chi connectivity index (χ1v) is 15.8. The van der Waals surface area contributed by atoms with Crippen molar-refractivity contribution in [1.82, 2.24) is 4.31 Å². The Labute approximate surface area is 237 Å². The molecule has 1 fully saturated rings. The van der Waals surface area contributed by atoms with E-state index >= 15 is 0 Å². The number of hydrogen-bond donors (Lipinski definition) is 2. The quantitative estimate of drug-likeness (QED) is 0.341. The molecule has 1 heterocycles. The number of amides is 1.